The van der Waals surface area contributed by atoms with Crippen LogP contribution in [0.3, 0.4) is 0 Å². The van der Waals surface area contributed by atoms with E-state index < -0.39 is 0 Å². The van der Waals surface area contributed by atoms with Crippen molar-refractivity contribution in [2.75, 3.05) is 13.2 Å². The van der Waals surface area contributed by atoms with Crippen LogP contribution in [-0.4, -0.2) is 30.3 Å². The lowest BCUT2D eigenvalue weighted by molar-refractivity contribution is 0.0859. The molecule has 1 rings (SSSR count). The first-order chi connectivity index (χ1) is 6.96. The van der Waals surface area contributed by atoms with Crippen LogP contribution in [0.15, 0.2) is 0 Å². The maximum atomic E-state index is 6.28. The van der Waals surface area contributed by atoms with Gasteiger partial charge in [-0.25, -0.2) is 0 Å². The van der Waals surface area contributed by atoms with E-state index in [2.05, 4.69) is 33.0 Å². The smallest absolute Gasteiger partial charge is 0.0726 e. The van der Waals surface area contributed by atoms with Crippen LogP contribution in [-0.2, 0) is 4.74 Å². The second kappa shape index (κ2) is 4.81. The molecule has 2 atom stereocenters. The first-order valence-corrected chi connectivity index (χ1v) is 6.11. The van der Waals surface area contributed by atoms with Gasteiger partial charge in [-0.3, -0.25) is 0 Å². The summed E-state index contributed by atoms with van der Waals surface area (Å²) in [6.07, 6.45) is 3.40. The van der Waals surface area contributed by atoms with Crippen molar-refractivity contribution in [1.29, 1.82) is 0 Å². The molecule has 0 aliphatic carbocycles. The van der Waals surface area contributed by atoms with Gasteiger partial charge in [0.1, 0.15) is 0 Å². The van der Waals surface area contributed by atoms with Crippen LogP contribution in [0.4, 0.5) is 0 Å². The number of nitrogens with one attached hydrogen (secondary N) is 1. The fraction of sp³-hybridized carbons (Fsp3) is 1.00. The SMILES string of the molecule is CCC(N)(CC)CNC1(C)CCOC1C. The van der Waals surface area contributed by atoms with Gasteiger partial charge >= 0.3 is 0 Å². The Hall–Kier alpha value is -0.120. The van der Waals surface area contributed by atoms with Gasteiger partial charge in [0.05, 0.1) is 6.10 Å². The molecule has 0 amide bonds. The topological polar surface area (TPSA) is 47.3 Å². The number of nitrogens with two attached hydrogens (primary N) is 1. The van der Waals surface area contributed by atoms with E-state index in [1.54, 1.807) is 0 Å². The van der Waals surface area contributed by atoms with Gasteiger partial charge in [-0.1, -0.05) is 13.8 Å². The lowest BCUT2D eigenvalue weighted by Gasteiger charge is -2.35. The van der Waals surface area contributed by atoms with Crippen LogP contribution in [0.1, 0.15) is 47.0 Å². The van der Waals surface area contributed by atoms with Gasteiger partial charge in [0.2, 0.25) is 0 Å². The van der Waals surface area contributed by atoms with Crippen molar-refractivity contribution in [3.05, 3.63) is 0 Å². The Labute approximate surface area is 93.8 Å². The van der Waals surface area contributed by atoms with Gasteiger partial charge in [-0.15, -0.1) is 0 Å². The molecule has 1 saturated heterocycles. The van der Waals surface area contributed by atoms with Gasteiger partial charge in [-0.05, 0) is 33.1 Å². The van der Waals surface area contributed by atoms with Crippen LogP contribution >= 0.6 is 0 Å². The predicted molar refractivity (Wildman–Crippen MR) is 63.9 cm³/mol. The van der Waals surface area contributed by atoms with E-state index in [1.165, 1.54) is 0 Å². The molecule has 0 aromatic carbocycles. The molecule has 1 aliphatic rings. The van der Waals surface area contributed by atoms with E-state index >= 15 is 0 Å². The molecule has 1 aliphatic heterocycles. The van der Waals surface area contributed by atoms with Crippen molar-refractivity contribution in [3.63, 3.8) is 0 Å². The summed E-state index contributed by atoms with van der Waals surface area (Å²) in [5.74, 6) is 0. The van der Waals surface area contributed by atoms with Gasteiger partial charge in [0.15, 0.2) is 0 Å². The first kappa shape index (κ1) is 12.9. The van der Waals surface area contributed by atoms with Gasteiger partial charge in [0.25, 0.3) is 0 Å². The molecule has 0 aromatic rings. The fourth-order valence-corrected chi connectivity index (χ4v) is 1.94. The first-order valence-electron chi connectivity index (χ1n) is 6.11. The number of hydrogen-bond acceptors (Lipinski definition) is 3. The second-order valence-corrected chi connectivity index (χ2v) is 5.10. The molecule has 90 valence electrons. The van der Waals surface area contributed by atoms with E-state index in [-0.39, 0.29) is 17.2 Å². The Morgan fingerprint density at radius 1 is 1.47 bits per heavy atom. The summed E-state index contributed by atoms with van der Waals surface area (Å²) in [6, 6.07) is 0. The number of hydrogen-bond donors (Lipinski definition) is 2. The molecule has 0 bridgehead atoms. The predicted octanol–water partition coefficient (Wildman–Crippen LogP) is 1.66. The zero-order valence-electron chi connectivity index (χ0n) is 10.6. The Morgan fingerprint density at radius 2 is 2.07 bits per heavy atom. The molecule has 3 heteroatoms. The summed E-state index contributed by atoms with van der Waals surface area (Å²) in [4.78, 5) is 0. The Balaban J connectivity index is 2.48. The summed E-state index contributed by atoms with van der Waals surface area (Å²) in [6.45, 7) is 10.4. The highest BCUT2D eigenvalue weighted by molar-refractivity contribution is 4.96. The quantitative estimate of drug-likeness (QED) is 0.731. The molecule has 1 heterocycles. The molecule has 3 nitrogen and oxygen atoms in total. The van der Waals surface area contributed by atoms with Crippen LogP contribution in [0, 0.1) is 0 Å². The summed E-state index contributed by atoms with van der Waals surface area (Å²) >= 11 is 0. The van der Waals surface area contributed by atoms with Crippen LogP contribution < -0.4 is 11.1 Å². The molecular weight excluding hydrogens is 188 g/mol. The van der Waals surface area contributed by atoms with E-state index in [4.69, 9.17) is 10.5 Å². The monoisotopic (exact) mass is 214 g/mol. The average Bonchev–Trinajstić information content (AvgIpc) is 2.57. The Kier molecular flexibility index (Phi) is 4.15. The number of ether oxygens (including phenoxy) is 1. The zero-order valence-corrected chi connectivity index (χ0v) is 10.6. The molecule has 0 spiro atoms. The third kappa shape index (κ3) is 2.92. The van der Waals surface area contributed by atoms with Crippen molar-refractivity contribution < 1.29 is 4.74 Å². The third-order valence-electron chi connectivity index (χ3n) is 4.14. The standard InChI is InChI=1S/C12H26N2O/c1-5-12(13,6-2)9-14-11(4)7-8-15-10(11)3/h10,14H,5-9,13H2,1-4H3. The molecule has 0 aromatic heterocycles. The number of rotatable bonds is 5. The molecule has 0 radical (unpaired) electrons. The highest BCUT2D eigenvalue weighted by atomic mass is 16.5. The van der Waals surface area contributed by atoms with E-state index in [9.17, 15) is 0 Å². The minimum absolute atomic E-state index is 0.0642. The summed E-state index contributed by atoms with van der Waals surface area (Å²) in [5, 5.41) is 3.60. The molecular formula is C12H26N2O. The molecule has 1 fully saturated rings. The minimum atomic E-state index is -0.0642. The van der Waals surface area contributed by atoms with Gasteiger partial charge in [0, 0.05) is 24.2 Å². The normalized spacial score (nSPS) is 32.2. The lowest BCUT2D eigenvalue weighted by atomic mass is 9.89. The minimum Gasteiger partial charge on any atom is -0.377 e. The maximum Gasteiger partial charge on any atom is 0.0726 e. The van der Waals surface area contributed by atoms with Crippen molar-refractivity contribution in [2.45, 2.75) is 64.1 Å². The van der Waals surface area contributed by atoms with Crippen LogP contribution in [0.5, 0.6) is 0 Å². The Bertz CT molecular complexity index is 204. The molecule has 3 N–H and O–H groups in total. The van der Waals surface area contributed by atoms with Crippen molar-refractivity contribution in [2.24, 2.45) is 5.73 Å². The van der Waals surface area contributed by atoms with Crippen LogP contribution in [0.25, 0.3) is 0 Å². The average molecular weight is 214 g/mol. The van der Waals surface area contributed by atoms with E-state index in [0.717, 1.165) is 32.4 Å². The maximum absolute atomic E-state index is 6.28. The van der Waals surface area contributed by atoms with Crippen LogP contribution in [0.2, 0.25) is 0 Å². The summed E-state index contributed by atoms with van der Waals surface area (Å²) < 4.78 is 5.60. The highest BCUT2D eigenvalue weighted by Crippen LogP contribution is 2.25. The van der Waals surface area contributed by atoms with Gasteiger partial charge in [-0.2, -0.15) is 0 Å². The van der Waals surface area contributed by atoms with E-state index in [0.29, 0.717) is 0 Å². The molecule has 2 unspecified atom stereocenters. The highest BCUT2D eigenvalue weighted by Gasteiger charge is 2.37. The lowest BCUT2D eigenvalue weighted by Crippen LogP contribution is -2.56. The third-order valence-corrected chi connectivity index (χ3v) is 4.14. The molecule has 15 heavy (non-hydrogen) atoms. The van der Waals surface area contributed by atoms with Crippen molar-refractivity contribution in [1.82, 2.24) is 5.32 Å². The summed E-state index contributed by atoms with van der Waals surface area (Å²) in [5.41, 5.74) is 6.32. The van der Waals surface area contributed by atoms with Gasteiger partial charge < -0.3 is 15.8 Å². The summed E-state index contributed by atoms with van der Waals surface area (Å²) in [7, 11) is 0. The Morgan fingerprint density at radius 3 is 2.47 bits per heavy atom. The van der Waals surface area contributed by atoms with Crippen molar-refractivity contribution in [3.8, 4) is 0 Å². The molecule has 0 saturated carbocycles. The van der Waals surface area contributed by atoms with Crippen molar-refractivity contribution >= 4 is 0 Å². The van der Waals surface area contributed by atoms with E-state index in [1.807, 2.05) is 0 Å². The largest absolute Gasteiger partial charge is 0.377 e. The second-order valence-electron chi connectivity index (χ2n) is 5.10. The zero-order chi connectivity index (χ0) is 11.5. The fourth-order valence-electron chi connectivity index (χ4n) is 1.94.